The minimum Gasteiger partial charge on any atom is -0.454 e. The lowest BCUT2D eigenvalue weighted by molar-refractivity contribution is -0.122. The van der Waals surface area contributed by atoms with Gasteiger partial charge in [0, 0.05) is 32.7 Å². The molecule has 2 aromatic heterocycles. The minimum absolute atomic E-state index is 0.00742. The highest BCUT2D eigenvalue weighted by Crippen LogP contribution is 2.32. The first-order valence-corrected chi connectivity index (χ1v) is 13.1. The lowest BCUT2D eigenvalue weighted by atomic mass is 10.2. The molecule has 5 rings (SSSR count). The number of fused-ring (bicyclic) bond motifs is 2. The topological polar surface area (TPSA) is 130 Å². The average Bonchev–Trinajstić information content (AvgIpc) is 3.67. The lowest BCUT2D eigenvalue weighted by Gasteiger charge is -2.14. The van der Waals surface area contributed by atoms with Gasteiger partial charge in [-0.15, -0.1) is 11.3 Å². The first-order valence-electron chi connectivity index (χ1n) is 12.2. The number of amides is 2. The van der Waals surface area contributed by atoms with Crippen LogP contribution in [-0.2, 0) is 34.0 Å². The molecule has 0 aliphatic carbocycles. The molecule has 196 valence electrons. The lowest BCUT2D eigenvalue weighted by Crippen LogP contribution is -2.43. The first kappa shape index (κ1) is 25.0. The summed E-state index contributed by atoms with van der Waals surface area (Å²) >= 11 is 1.22. The summed E-state index contributed by atoms with van der Waals surface area (Å²) in [6.07, 6.45) is 2.29. The van der Waals surface area contributed by atoms with E-state index in [0.717, 1.165) is 23.0 Å². The Balaban J connectivity index is 1.19. The monoisotopic (exact) mass is 528 g/mol. The second-order valence-corrected chi connectivity index (χ2v) is 9.88. The van der Waals surface area contributed by atoms with Gasteiger partial charge < -0.3 is 24.8 Å². The van der Waals surface area contributed by atoms with Crippen LogP contribution in [0.15, 0.2) is 39.2 Å². The Kier molecular flexibility index (Phi) is 7.56. The molecule has 1 aromatic carbocycles. The van der Waals surface area contributed by atoms with E-state index in [1.807, 2.05) is 12.1 Å². The number of rotatable bonds is 10. The van der Waals surface area contributed by atoms with Gasteiger partial charge in [0.15, 0.2) is 11.5 Å². The highest BCUT2D eigenvalue weighted by Gasteiger charge is 2.19. The summed E-state index contributed by atoms with van der Waals surface area (Å²) in [5, 5.41) is 7.38. The number of aromatic nitrogens is 2. The maximum absolute atomic E-state index is 13.2. The summed E-state index contributed by atoms with van der Waals surface area (Å²) in [6.45, 7) is 1.46. The minimum atomic E-state index is -0.566. The highest BCUT2D eigenvalue weighted by atomic mass is 32.1. The normalized spacial score (nSPS) is 16.3. The van der Waals surface area contributed by atoms with E-state index in [1.54, 1.807) is 17.5 Å². The summed E-state index contributed by atoms with van der Waals surface area (Å²) < 4.78 is 19.0. The zero-order valence-electron chi connectivity index (χ0n) is 20.2. The second kappa shape index (κ2) is 11.2. The molecule has 2 aliphatic rings. The van der Waals surface area contributed by atoms with Crippen LogP contribution >= 0.6 is 11.3 Å². The average molecular weight is 529 g/mol. The van der Waals surface area contributed by atoms with Crippen molar-refractivity contribution in [1.82, 2.24) is 19.8 Å². The van der Waals surface area contributed by atoms with Crippen molar-refractivity contribution in [3.05, 3.63) is 56.0 Å². The van der Waals surface area contributed by atoms with Crippen LogP contribution in [0.2, 0.25) is 0 Å². The van der Waals surface area contributed by atoms with Crippen LogP contribution in [0.5, 0.6) is 11.5 Å². The summed E-state index contributed by atoms with van der Waals surface area (Å²) in [5.74, 6) is 0.802. The van der Waals surface area contributed by atoms with E-state index in [9.17, 15) is 19.2 Å². The fourth-order valence-electron chi connectivity index (χ4n) is 4.45. The summed E-state index contributed by atoms with van der Waals surface area (Å²) in [6, 6.07) is 7.13. The summed E-state index contributed by atoms with van der Waals surface area (Å²) in [7, 11) is 0. The smallest absolute Gasteiger partial charge is 0.332 e. The molecule has 1 fully saturated rings. The molecule has 2 aliphatic heterocycles. The van der Waals surface area contributed by atoms with E-state index in [-0.39, 0.29) is 44.2 Å². The molecule has 0 spiro atoms. The van der Waals surface area contributed by atoms with E-state index in [0.29, 0.717) is 47.8 Å². The molecule has 1 saturated heterocycles. The Labute approximate surface area is 215 Å². The van der Waals surface area contributed by atoms with Crippen molar-refractivity contribution in [1.29, 1.82) is 0 Å². The van der Waals surface area contributed by atoms with Gasteiger partial charge in [0.1, 0.15) is 11.2 Å². The Bertz CT molecular complexity index is 1420. The van der Waals surface area contributed by atoms with E-state index in [4.69, 9.17) is 14.2 Å². The molecular weight excluding hydrogens is 500 g/mol. The number of thiophene rings is 1. The van der Waals surface area contributed by atoms with Crippen LogP contribution in [-0.4, -0.2) is 47.0 Å². The molecular formula is C25H28N4O7S. The standard InChI is InChI=1S/C25H28N4O7S/c30-21(26-12-16-5-6-19-20(11-16)36-15-35-19)4-1-8-28-24(32)23-18(7-10-37-23)29(25(28)33)14-22(31)27-13-17-3-2-9-34-17/h5-7,10-11,17H,1-4,8-9,12-15H2,(H,26,30)(H,27,31)/t17-/m1/s1. The Morgan fingerprint density at radius 1 is 1.05 bits per heavy atom. The molecule has 2 amide bonds. The molecule has 1 atom stereocenters. The summed E-state index contributed by atoms with van der Waals surface area (Å²) in [4.78, 5) is 51.1. The van der Waals surface area contributed by atoms with Crippen molar-refractivity contribution in [2.75, 3.05) is 19.9 Å². The number of hydrogen-bond donors (Lipinski definition) is 2. The van der Waals surface area contributed by atoms with Gasteiger partial charge in [0.25, 0.3) is 5.56 Å². The number of benzene rings is 1. The predicted octanol–water partition coefficient (Wildman–Crippen LogP) is 1.35. The Morgan fingerprint density at radius 3 is 2.76 bits per heavy atom. The van der Waals surface area contributed by atoms with Gasteiger partial charge in [-0.05, 0) is 48.4 Å². The van der Waals surface area contributed by atoms with Crippen LogP contribution in [0.4, 0.5) is 0 Å². The Morgan fingerprint density at radius 2 is 1.92 bits per heavy atom. The molecule has 3 aromatic rings. The van der Waals surface area contributed by atoms with E-state index >= 15 is 0 Å². The molecule has 12 heteroatoms. The molecule has 0 radical (unpaired) electrons. The molecule has 11 nitrogen and oxygen atoms in total. The fourth-order valence-corrected chi connectivity index (χ4v) is 5.30. The van der Waals surface area contributed by atoms with Gasteiger partial charge in [-0.3, -0.25) is 23.5 Å². The maximum Gasteiger partial charge on any atom is 0.332 e. The number of nitrogens with zero attached hydrogens (tertiary/aromatic N) is 2. The number of ether oxygens (including phenoxy) is 3. The molecule has 4 heterocycles. The Hall–Kier alpha value is -3.64. The van der Waals surface area contributed by atoms with Gasteiger partial charge in [0.2, 0.25) is 18.6 Å². The number of hydrogen-bond acceptors (Lipinski definition) is 8. The van der Waals surface area contributed by atoms with Crippen LogP contribution in [0.25, 0.3) is 10.2 Å². The summed E-state index contributed by atoms with van der Waals surface area (Å²) in [5.41, 5.74) is 0.332. The SMILES string of the molecule is O=C(CCCn1c(=O)c2sccc2n(CC(=O)NC[C@H]2CCCO2)c1=O)NCc1ccc2c(c1)OCO2. The van der Waals surface area contributed by atoms with Gasteiger partial charge >= 0.3 is 5.69 Å². The largest absolute Gasteiger partial charge is 0.454 e. The van der Waals surface area contributed by atoms with Gasteiger partial charge in [-0.1, -0.05) is 6.07 Å². The second-order valence-electron chi connectivity index (χ2n) is 8.97. The number of carbonyl (C=O) groups is 2. The predicted molar refractivity (Wildman–Crippen MR) is 136 cm³/mol. The quantitative estimate of drug-likeness (QED) is 0.406. The third kappa shape index (κ3) is 5.70. The van der Waals surface area contributed by atoms with Crippen LogP contribution < -0.4 is 31.4 Å². The first-order chi connectivity index (χ1) is 18.0. The maximum atomic E-state index is 13.2. The van der Waals surface area contributed by atoms with Crippen LogP contribution in [0.3, 0.4) is 0 Å². The molecule has 0 saturated carbocycles. The molecule has 2 N–H and O–H groups in total. The number of nitrogens with one attached hydrogen (secondary N) is 2. The zero-order valence-corrected chi connectivity index (χ0v) is 21.0. The van der Waals surface area contributed by atoms with Crippen molar-refractivity contribution in [3.63, 3.8) is 0 Å². The van der Waals surface area contributed by atoms with Crippen molar-refractivity contribution >= 4 is 33.4 Å². The van der Waals surface area contributed by atoms with E-state index in [1.165, 1.54) is 15.9 Å². The van der Waals surface area contributed by atoms with E-state index < -0.39 is 11.2 Å². The molecule has 0 bridgehead atoms. The van der Waals surface area contributed by atoms with Crippen LogP contribution in [0, 0.1) is 0 Å². The van der Waals surface area contributed by atoms with Gasteiger partial charge in [-0.25, -0.2) is 4.79 Å². The zero-order chi connectivity index (χ0) is 25.8. The van der Waals surface area contributed by atoms with Gasteiger partial charge in [0.05, 0.1) is 11.6 Å². The van der Waals surface area contributed by atoms with E-state index in [2.05, 4.69) is 10.6 Å². The van der Waals surface area contributed by atoms with Crippen molar-refractivity contribution < 1.29 is 23.8 Å². The van der Waals surface area contributed by atoms with Crippen molar-refractivity contribution in [3.8, 4) is 11.5 Å². The molecule has 37 heavy (non-hydrogen) atoms. The molecule has 0 unspecified atom stereocenters. The van der Waals surface area contributed by atoms with Crippen molar-refractivity contribution in [2.45, 2.75) is 51.4 Å². The van der Waals surface area contributed by atoms with Gasteiger partial charge in [-0.2, -0.15) is 0 Å². The highest BCUT2D eigenvalue weighted by molar-refractivity contribution is 7.17. The third-order valence-corrected chi connectivity index (χ3v) is 7.29. The fraction of sp³-hybridized carbons (Fsp3) is 0.440. The third-order valence-electron chi connectivity index (χ3n) is 6.40. The van der Waals surface area contributed by atoms with Crippen LogP contribution in [0.1, 0.15) is 31.2 Å². The van der Waals surface area contributed by atoms with Crippen molar-refractivity contribution in [2.24, 2.45) is 0 Å². The number of carbonyl (C=O) groups excluding carboxylic acids is 2.